The Labute approximate surface area is 589 Å². The lowest BCUT2D eigenvalue weighted by Gasteiger charge is -2.45. The van der Waals surface area contributed by atoms with E-state index in [0.29, 0.717) is 190 Å². The molecule has 566 valence electrons. The fraction of sp³-hybridized carbons (Fsp3) is 0.639. The minimum Gasteiger partial charge on any atom is -0.420 e. The Bertz CT molecular complexity index is 2890. The van der Waals surface area contributed by atoms with Gasteiger partial charge in [-0.1, -0.05) is 62.0 Å². The molecule has 1 saturated carbocycles. The highest BCUT2D eigenvalue weighted by Gasteiger charge is 2.41. The first kappa shape index (κ1) is 85.0. The molecule has 3 aromatic rings. The smallest absolute Gasteiger partial charge is 0.313 e. The van der Waals surface area contributed by atoms with Crippen molar-refractivity contribution in [1.29, 1.82) is 0 Å². The van der Waals surface area contributed by atoms with Gasteiger partial charge in [0.25, 0.3) is 0 Å². The Morgan fingerprint density at radius 2 is 1.00 bits per heavy atom. The van der Waals surface area contributed by atoms with E-state index in [1.807, 2.05) is 58.3 Å². The maximum atomic E-state index is 14.2. The molecule has 1 aliphatic carbocycles. The molecule has 5 rings (SSSR count). The number of anilines is 1. The van der Waals surface area contributed by atoms with Gasteiger partial charge in [0.15, 0.2) is 0 Å². The minimum absolute atomic E-state index is 0.0101. The molecule has 2 aliphatic rings. The Morgan fingerprint density at radius 3 is 1.49 bits per heavy atom. The normalized spacial score (nSPS) is 14.0. The molecular formula is C72H104F5N5O19. The summed E-state index contributed by atoms with van der Waals surface area (Å²) in [5.41, 5.74) is 3.78. The standard InChI is InChI=1S/C72H104F5N5O19/c1-4-54-12-6-7-14-57(54)53-82(59-15-9-8-13-55(59)5-2)62(85)17-11-10-16-61(84)81-27-24-72(25-28-81)22-18-56(19-23-72)70(87)80-58(71(88)78-26-20-63(86)101-69-67(76)65(74)64(73)66(75)68(69)77)52-79-60(83)21-29-90-32-33-92-36-37-94-40-41-96-44-45-98-48-49-100-51-50-99-47-46-97-43-42-95-39-38-93-35-34-91-31-30-89-3/h4,6-9,12-15,56,58H,1,5,10-11,16-53H2,2-3H3,(H,78,88)(H,79,83)(H,80,87)/t58-/m0/s1. The van der Waals surface area contributed by atoms with Crippen LogP contribution in [0.4, 0.5) is 27.6 Å². The third-order valence-corrected chi connectivity index (χ3v) is 17.0. The molecule has 1 spiro atoms. The van der Waals surface area contributed by atoms with Gasteiger partial charge in [0, 0.05) is 64.2 Å². The van der Waals surface area contributed by atoms with Crippen LogP contribution >= 0.6 is 0 Å². The Balaban J connectivity index is 0.917. The van der Waals surface area contributed by atoms with Crippen molar-refractivity contribution in [3.63, 3.8) is 0 Å². The van der Waals surface area contributed by atoms with Gasteiger partial charge in [-0.25, -0.2) is 13.2 Å². The molecule has 2 fully saturated rings. The third-order valence-electron chi connectivity index (χ3n) is 17.0. The fourth-order valence-electron chi connectivity index (χ4n) is 11.2. The average molecular weight is 1440 g/mol. The summed E-state index contributed by atoms with van der Waals surface area (Å²) in [4.78, 5) is 84.0. The number of esters is 1. The van der Waals surface area contributed by atoms with E-state index in [1.54, 1.807) is 13.2 Å². The van der Waals surface area contributed by atoms with E-state index >= 15 is 0 Å². The quantitative estimate of drug-likeness (QED) is 0.0124. The number of para-hydroxylation sites is 1. The summed E-state index contributed by atoms with van der Waals surface area (Å²) in [7, 11) is 1.63. The molecule has 1 heterocycles. The summed E-state index contributed by atoms with van der Waals surface area (Å²) in [6.07, 6.45) is 7.17. The van der Waals surface area contributed by atoms with Crippen LogP contribution in [0.5, 0.6) is 5.75 Å². The first-order chi connectivity index (χ1) is 49.1. The Kier molecular flexibility index (Phi) is 42.7. The summed E-state index contributed by atoms with van der Waals surface area (Å²) in [5.74, 6) is -17.4. The SMILES string of the molecule is C=Cc1ccccc1CN(C(=O)CCCCC(=O)N1CCC2(CCC(C(=O)N[C@@H](CNC(=O)CCOCCOCCOCCOCCOCCOCCOCCOCCOCCOCCOCCOC)C(=O)NCCC(=O)Oc3c(F)c(F)c(F)c(F)c3F)CC2)CC1)c1ccccc1CC. The number of hydrogen-bond acceptors (Lipinski definition) is 19. The van der Waals surface area contributed by atoms with Gasteiger partial charge in [-0.15, -0.1) is 0 Å². The number of nitrogens with one attached hydrogen (secondary N) is 3. The van der Waals surface area contributed by atoms with Gasteiger partial charge < -0.3 is 87.3 Å². The monoisotopic (exact) mass is 1440 g/mol. The van der Waals surface area contributed by atoms with Crippen LogP contribution in [0.2, 0.25) is 0 Å². The van der Waals surface area contributed by atoms with Crippen molar-refractivity contribution in [2.75, 3.05) is 190 Å². The molecule has 5 amide bonds. The van der Waals surface area contributed by atoms with E-state index in [1.165, 1.54) is 0 Å². The second-order valence-electron chi connectivity index (χ2n) is 24.0. The highest BCUT2D eigenvalue weighted by Crippen LogP contribution is 2.46. The maximum absolute atomic E-state index is 14.2. The van der Waals surface area contributed by atoms with Crippen LogP contribution in [-0.2, 0) is 98.6 Å². The van der Waals surface area contributed by atoms with Crippen molar-refractivity contribution in [2.45, 2.75) is 103 Å². The molecule has 1 atom stereocenters. The molecular weight excluding hydrogens is 1330 g/mol. The van der Waals surface area contributed by atoms with Gasteiger partial charge in [0.05, 0.1) is 165 Å². The second kappa shape index (κ2) is 50.7. The summed E-state index contributed by atoms with van der Waals surface area (Å²) in [5, 5.41) is 7.71. The number of nitrogens with zero attached hydrogens (tertiary/aromatic N) is 2. The van der Waals surface area contributed by atoms with Crippen molar-refractivity contribution in [2.24, 2.45) is 11.3 Å². The molecule has 3 N–H and O–H groups in total. The van der Waals surface area contributed by atoms with E-state index in [0.717, 1.165) is 41.6 Å². The topological polar surface area (TPSA) is 265 Å². The van der Waals surface area contributed by atoms with Crippen molar-refractivity contribution in [3.05, 3.63) is 101 Å². The molecule has 29 heteroatoms. The van der Waals surface area contributed by atoms with Gasteiger partial charge in [0.2, 0.25) is 64.4 Å². The van der Waals surface area contributed by atoms with E-state index in [-0.39, 0.29) is 56.5 Å². The zero-order valence-corrected chi connectivity index (χ0v) is 58.6. The number of likely N-dealkylation sites (tertiary alicyclic amines) is 1. The maximum Gasteiger partial charge on any atom is 0.313 e. The van der Waals surface area contributed by atoms with E-state index in [4.69, 9.17) is 56.8 Å². The molecule has 0 bridgehead atoms. The lowest BCUT2D eigenvalue weighted by Crippen LogP contribution is -2.54. The van der Waals surface area contributed by atoms with E-state index in [9.17, 15) is 50.7 Å². The van der Waals surface area contributed by atoms with E-state index in [2.05, 4.69) is 34.2 Å². The van der Waals surface area contributed by atoms with E-state index < -0.39 is 90.0 Å². The highest BCUT2D eigenvalue weighted by molar-refractivity contribution is 5.94. The number of amides is 5. The molecule has 101 heavy (non-hydrogen) atoms. The zero-order valence-electron chi connectivity index (χ0n) is 58.6. The average Bonchev–Trinajstić information content (AvgIpc) is 0.818. The molecule has 3 aromatic carbocycles. The number of benzene rings is 3. The number of hydrogen-bond donors (Lipinski definition) is 3. The van der Waals surface area contributed by atoms with Crippen LogP contribution in [0.3, 0.4) is 0 Å². The van der Waals surface area contributed by atoms with Crippen LogP contribution in [0.25, 0.3) is 6.08 Å². The third kappa shape index (κ3) is 32.7. The van der Waals surface area contributed by atoms with Crippen LogP contribution in [0, 0.1) is 40.4 Å². The molecule has 0 radical (unpaired) electrons. The van der Waals surface area contributed by atoms with Crippen molar-refractivity contribution < 1.29 is 112 Å². The van der Waals surface area contributed by atoms with Crippen molar-refractivity contribution in [3.8, 4) is 5.75 Å². The van der Waals surface area contributed by atoms with Gasteiger partial charge in [0.1, 0.15) is 6.04 Å². The van der Waals surface area contributed by atoms with Gasteiger partial charge in [-0.3, -0.25) is 28.8 Å². The number of rotatable bonds is 55. The molecule has 24 nitrogen and oxygen atoms in total. The lowest BCUT2D eigenvalue weighted by atomic mass is 9.65. The molecule has 1 saturated heterocycles. The molecule has 0 aromatic heterocycles. The highest BCUT2D eigenvalue weighted by atomic mass is 19.2. The first-order valence-corrected chi connectivity index (χ1v) is 34.9. The number of halogens is 5. The fourth-order valence-corrected chi connectivity index (χ4v) is 11.2. The zero-order chi connectivity index (χ0) is 72.7. The summed E-state index contributed by atoms with van der Waals surface area (Å²) in [6, 6.07) is 14.4. The largest absolute Gasteiger partial charge is 0.420 e. The van der Waals surface area contributed by atoms with Crippen LogP contribution in [0.15, 0.2) is 55.1 Å². The number of aryl methyl sites for hydroxylation is 1. The number of piperidine rings is 1. The molecule has 0 unspecified atom stereocenters. The minimum atomic E-state index is -2.44. The Morgan fingerprint density at radius 1 is 0.554 bits per heavy atom. The number of carbonyl (C=O) groups excluding carboxylic acids is 6. The summed E-state index contributed by atoms with van der Waals surface area (Å²) < 4.78 is 139. The number of unbranched alkanes of at least 4 members (excludes halogenated alkanes) is 1. The summed E-state index contributed by atoms with van der Waals surface area (Å²) in [6.45, 7) is 15.7. The Hall–Kier alpha value is -6.61. The number of methoxy groups -OCH3 is 1. The molecule has 1 aliphatic heterocycles. The first-order valence-electron chi connectivity index (χ1n) is 34.9. The lowest BCUT2D eigenvalue weighted by molar-refractivity contribution is -0.136. The number of ether oxygens (including phenoxy) is 13. The van der Waals surface area contributed by atoms with Gasteiger partial charge in [-0.05, 0) is 86.0 Å². The number of carbonyl (C=O) groups is 6. The van der Waals surface area contributed by atoms with Gasteiger partial charge in [-0.2, -0.15) is 8.78 Å². The predicted octanol–water partition coefficient (Wildman–Crippen LogP) is 7.41. The van der Waals surface area contributed by atoms with Gasteiger partial charge >= 0.3 is 5.97 Å². The van der Waals surface area contributed by atoms with Crippen LogP contribution in [-0.4, -0.2) is 232 Å². The summed E-state index contributed by atoms with van der Waals surface area (Å²) >= 11 is 0. The van der Waals surface area contributed by atoms with Crippen LogP contribution in [0.1, 0.15) is 101 Å². The predicted molar refractivity (Wildman–Crippen MR) is 362 cm³/mol. The second-order valence-corrected chi connectivity index (χ2v) is 24.0. The van der Waals surface area contributed by atoms with Crippen molar-refractivity contribution >= 4 is 47.3 Å². The van der Waals surface area contributed by atoms with Crippen molar-refractivity contribution in [1.82, 2.24) is 20.9 Å². The van der Waals surface area contributed by atoms with Crippen LogP contribution < -0.4 is 25.6 Å².